The Morgan fingerprint density at radius 3 is 2.14 bits per heavy atom. The Morgan fingerprint density at radius 2 is 1.39 bits per heavy atom. The number of likely N-dealkylation sites (N-methyl/N-ethyl adjacent to an activating group) is 2. The van der Waals surface area contributed by atoms with E-state index in [0.717, 1.165) is 65.7 Å². The summed E-state index contributed by atoms with van der Waals surface area (Å²) >= 11 is 0. The fraction of sp³-hybridized carbons (Fsp3) is 0.333. The van der Waals surface area contributed by atoms with Crippen molar-refractivity contribution in [2.45, 2.75) is 37.8 Å². The lowest BCUT2D eigenvalue weighted by Crippen LogP contribution is -2.34. The van der Waals surface area contributed by atoms with Gasteiger partial charge in [0.1, 0.15) is 5.75 Å². The molecular weight excluding hydrogens is 556 g/mol. The Balaban J connectivity index is 1.42. The first-order valence-electron chi connectivity index (χ1n) is 15.1. The van der Waals surface area contributed by atoms with Crippen molar-refractivity contribution in [3.05, 3.63) is 94.0 Å². The van der Waals surface area contributed by atoms with Crippen LogP contribution in [-0.2, 0) is 25.7 Å². The molecule has 228 valence electrons. The molecule has 6 bridgehead atoms. The SMILES string of the molecule is COc1ccc2cc1Oc1cc3c(cc1O)CCN(C)C3Cc1ccc(cc1)Oc1c(O)c(OC)cc3c1C(C2)N(C)CC3. The van der Waals surface area contributed by atoms with Crippen molar-refractivity contribution in [1.82, 2.24) is 9.80 Å². The van der Waals surface area contributed by atoms with Crippen LogP contribution in [0, 0.1) is 0 Å². The molecule has 4 aromatic rings. The van der Waals surface area contributed by atoms with E-state index in [0.29, 0.717) is 40.9 Å². The minimum atomic E-state index is -0.0848. The number of phenols is 2. The van der Waals surface area contributed by atoms with E-state index in [-0.39, 0.29) is 23.6 Å². The molecule has 0 fully saturated rings. The highest BCUT2D eigenvalue weighted by atomic mass is 16.5. The number of aromatic hydroxyl groups is 2. The third-order valence-electron chi connectivity index (χ3n) is 9.46. The molecule has 4 heterocycles. The highest BCUT2D eigenvalue weighted by Gasteiger charge is 2.33. The predicted octanol–water partition coefficient (Wildman–Crippen LogP) is 6.56. The van der Waals surface area contributed by atoms with Gasteiger partial charge in [-0.25, -0.2) is 0 Å². The summed E-state index contributed by atoms with van der Waals surface area (Å²) < 4.78 is 24.2. The van der Waals surface area contributed by atoms with Gasteiger partial charge in [0.05, 0.1) is 14.2 Å². The lowest BCUT2D eigenvalue weighted by Gasteiger charge is -2.36. The zero-order valence-corrected chi connectivity index (χ0v) is 25.6. The van der Waals surface area contributed by atoms with E-state index in [1.54, 1.807) is 14.2 Å². The van der Waals surface area contributed by atoms with Crippen molar-refractivity contribution in [2.24, 2.45) is 0 Å². The number of benzene rings is 4. The number of ether oxygens (including phenoxy) is 4. The molecule has 4 aromatic carbocycles. The number of rotatable bonds is 2. The molecule has 0 aliphatic carbocycles. The molecule has 8 nitrogen and oxygen atoms in total. The van der Waals surface area contributed by atoms with Crippen molar-refractivity contribution < 1.29 is 29.2 Å². The van der Waals surface area contributed by atoms with Gasteiger partial charge in [0, 0.05) is 30.7 Å². The smallest absolute Gasteiger partial charge is 0.201 e. The average molecular weight is 595 g/mol. The first kappa shape index (κ1) is 28.4. The molecule has 44 heavy (non-hydrogen) atoms. The van der Waals surface area contributed by atoms with Crippen LogP contribution < -0.4 is 18.9 Å². The summed E-state index contributed by atoms with van der Waals surface area (Å²) in [5.41, 5.74) is 6.49. The van der Waals surface area contributed by atoms with Crippen molar-refractivity contribution in [3.63, 3.8) is 0 Å². The van der Waals surface area contributed by atoms with Gasteiger partial charge in [0.2, 0.25) is 5.75 Å². The normalized spacial score (nSPS) is 19.6. The van der Waals surface area contributed by atoms with Crippen molar-refractivity contribution in [2.75, 3.05) is 41.4 Å². The zero-order chi connectivity index (χ0) is 30.5. The van der Waals surface area contributed by atoms with E-state index in [9.17, 15) is 10.2 Å². The van der Waals surface area contributed by atoms with E-state index in [4.69, 9.17) is 18.9 Å². The molecule has 2 atom stereocenters. The summed E-state index contributed by atoms with van der Waals surface area (Å²) in [4.78, 5) is 4.64. The first-order valence-corrected chi connectivity index (χ1v) is 15.1. The quantitative estimate of drug-likeness (QED) is 0.270. The molecule has 0 radical (unpaired) electrons. The Labute approximate surface area is 258 Å². The summed E-state index contributed by atoms with van der Waals surface area (Å²) in [5, 5.41) is 22.5. The second kappa shape index (κ2) is 11.3. The number of fused-ring (bicyclic) bond motifs is 2. The summed E-state index contributed by atoms with van der Waals surface area (Å²) in [6.07, 6.45) is 3.07. The van der Waals surface area contributed by atoms with Crippen molar-refractivity contribution >= 4 is 0 Å². The van der Waals surface area contributed by atoms with E-state index in [1.165, 1.54) is 0 Å². The number of hydrogen-bond donors (Lipinski definition) is 2. The van der Waals surface area contributed by atoms with Gasteiger partial charge in [0.25, 0.3) is 0 Å². The van der Waals surface area contributed by atoms with E-state index < -0.39 is 0 Å². The fourth-order valence-corrected chi connectivity index (χ4v) is 6.95. The molecular formula is C36H38N2O6. The Bertz CT molecular complexity index is 1720. The standard InChI is InChI=1S/C36H38N2O6/c1-37-13-11-23-18-29(39)31-20-26(23)27(37)15-21-5-8-25(9-6-21)43-36-34-24(19-33(42-4)35(36)40)12-14-38(2)28(34)16-22-7-10-30(41-3)32(17-22)44-31/h5-10,17-20,27-28,39-40H,11-16H2,1-4H3. The van der Waals surface area contributed by atoms with E-state index in [2.05, 4.69) is 36.0 Å². The largest absolute Gasteiger partial charge is 0.504 e. The summed E-state index contributed by atoms with van der Waals surface area (Å²) in [5.74, 6) is 3.10. The van der Waals surface area contributed by atoms with Crippen LogP contribution in [0.3, 0.4) is 0 Å². The molecule has 8 heteroatoms. The summed E-state index contributed by atoms with van der Waals surface area (Å²) in [7, 11) is 7.42. The maximum Gasteiger partial charge on any atom is 0.201 e. The topological polar surface area (TPSA) is 83.9 Å². The third kappa shape index (κ3) is 4.98. The molecule has 0 aromatic heterocycles. The number of methoxy groups -OCH3 is 2. The van der Waals surface area contributed by atoms with E-state index >= 15 is 0 Å². The minimum absolute atomic E-state index is 0.00546. The van der Waals surface area contributed by atoms with Gasteiger partial charge < -0.3 is 29.2 Å². The molecule has 2 N–H and O–H groups in total. The van der Waals surface area contributed by atoms with Crippen LogP contribution in [-0.4, -0.2) is 61.4 Å². The maximum absolute atomic E-state index is 11.4. The predicted molar refractivity (Wildman–Crippen MR) is 168 cm³/mol. The van der Waals surface area contributed by atoms with Gasteiger partial charge >= 0.3 is 0 Å². The molecule has 4 aliphatic rings. The van der Waals surface area contributed by atoms with Crippen LogP contribution in [0.2, 0.25) is 0 Å². The maximum atomic E-state index is 11.4. The molecule has 8 rings (SSSR count). The van der Waals surface area contributed by atoms with Crippen LogP contribution >= 0.6 is 0 Å². The molecule has 4 aliphatic heterocycles. The third-order valence-corrected chi connectivity index (χ3v) is 9.46. The minimum Gasteiger partial charge on any atom is -0.504 e. The molecule has 0 saturated carbocycles. The second-order valence-corrected chi connectivity index (χ2v) is 12.1. The second-order valence-electron chi connectivity index (χ2n) is 12.1. The molecule has 2 unspecified atom stereocenters. The molecule has 0 amide bonds. The van der Waals surface area contributed by atoms with Crippen LogP contribution in [0.15, 0.2) is 60.7 Å². The average Bonchev–Trinajstić information content (AvgIpc) is 3.02. The summed E-state index contributed by atoms with van der Waals surface area (Å²) in [6, 6.07) is 19.8. The van der Waals surface area contributed by atoms with Crippen molar-refractivity contribution in [1.29, 1.82) is 0 Å². The Kier molecular flexibility index (Phi) is 7.26. The van der Waals surface area contributed by atoms with Gasteiger partial charge in [-0.15, -0.1) is 0 Å². The van der Waals surface area contributed by atoms with E-state index in [1.807, 2.05) is 48.5 Å². The number of hydrogen-bond acceptors (Lipinski definition) is 8. The monoisotopic (exact) mass is 594 g/mol. The van der Waals surface area contributed by atoms with Gasteiger partial charge in [-0.2, -0.15) is 0 Å². The number of phenolic OH excluding ortho intramolecular Hbond substituents is 2. The Hall–Kier alpha value is -4.40. The number of nitrogens with zero attached hydrogens (tertiary/aromatic N) is 2. The Morgan fingerprint density at radius 1 is 0.705 bits per heavy atom. The van der Waals surface area contributed by atoms with Crippen molar-refractivity contribution in [3.8, 4) is 46.0 Å². The van der Waals surface area contributed by atoms with Crippen LogP contribution in [0.4, 0.5) is 0 Å². The van der Waals surface area contributed by atoms with Crippen LogP contribution in [0.5, 0.6) is 46.0 Å². The highest BCUT2D eigenvalue weighted by Crippen LogP contribution is 2.50. The van der Waals surface area contributed by atoms with Gasteiger partial charge in [-0.05, 0) is 110 Å². The lowest BCUT2D eigenvalue weighted by atomic mass is 9.87. The van der Waals surface area contributed by atoms with Crippen LogP contribution in [0.1, 0.15) is 45.5 Å². The zero-order valence-electron chi connectivity index (χ0n) is 25.6. The highest BCUT2D eigenvalue weighted by molar-refractivity contribution is 5.62. The fourth-order valence-electron chi connectivity index (χ4n) is 6.95. The van der Waals surface area contributed by atoms with Gasteiger partial charge in [0.15, 0.2) is 34.5 Å². The first-order chi connectivity index (χ1) is 21.3. The summed E-state index contributed by atoms with van der Waals surface area (Å²) in [6.45, 7) is 1.74. The lowest BCUT2D eigenvalue weighted by molar-refractivity contribution is 0.222. The van der Waals surface area contributed by atoms with Gasteiger partial charge in [-0.3, -0.25) is 9.80 Å². The van der Waals surface area contributed by atoms with Gasteiger partial charge in [-0.1, -0.05) is 18.2 Å². The molecule has 0 spiro atoms. The molecule has 0 saturated heterocycles. The van der Waals surface area contributed by atoms with Crippen LogP contribution in [0.25, 0.3) is 0 Å².